The van der Waals surface area contributed by atoms with Crippen LogP contribution in [0.15, 0.2) is 30.5 Å². The first-order valence-electron chi connectivity index (χ1n) is 5.75. The summed E-state index contributed by atoms with van der Waals surface area (Å²) >= 11 is 5.95. The van der Waals surface area contributed by atoms with Gasteiger partial charge in [0.15, 0.2) is 5.82 Å². The van der Waals surface area contributed by atoms with Crippen LogP contribution in [0.3, 0.4) is 0 Å². The number of hydrogen-bond acceptors (Lipinski definition) is 3. The molecule has 4 heteroatoms. The van der Waals surface area contributed by atoms with Crippen LogP contribution in [0, 0.1) is 5.92 Å². The first-order valence-corrected chi connectivity index (χ1v) is 6.28. The third-order valence-electron chi connectivity index (χ3n) is 2.86. The Kier molecular flexibility index (Phi) is 3.79. The molecular weight excluding hydrogens is 234 g/mol. The van der Waals surface area contributed by atoms with Crippen LogP contribution < -0.4 is 5.32 Å². The largest absolute Gasteiger partial charge is 0.364 e. The Morgan fingerprint density at radius 2 is 2.06 bits per heavy atom. The summed E-state index contributed by atoms with van der Waals surface area (Å²) < 4.78 is 0. The number of alkyl halides is 1. The second-order valence-electron chi connectivity index (χ2n) is 4.43. The Hall–Kier alpha value is -1.35. The zero-order chi connectivity index (χ0) is 12.3. The maximum atomic E-state index is 5.95. The molecular formula is C13H16ClN3. The van der Waals surface area contributed by atoms with Crippen molar-refractivity contribution in [1.82, 2.24) is 10.2 Å². The summed E-state index contributed by atoms with van der Waals surface area (Å²) in [6.07, 6.45) is 1.77. The van der Waals surface area contributed by atoms with Crippen molar-refractivity contribution in [2.75, 3.05) is 11.2 Å². The molecule has 0 fully saturated rings. The van der Waals surface area contributed by atoms with Gasteiger partial charge in [0.1, 0.15) is 0 Å². The summed E-state index contributed by atoms with van der Waals surface area (Å²) in [7, 11) is 0. The summed E-state index contributed by atoms with van der Waals surface area (Å²) in [5, 5.41) is 13.7. The average Bonchev–Trinajstić information content (AvgIpc) is 2.35. The zero-order valence-corrected chi connectivity index (χ0v) is 10.8. The van der Waals surface area contributed by atoms with Gasteiger partial charge in [-0.15, -0.1) is 16.7 Å². The topological polar surface area (TPSA) is 37.8 Å². The van der Waals surface area contributed by atoms with Crippen LogP contribution in [0.2, 0.25) is 0 Å². The maximum Gasteiger partial charge on any atom is 0.156 e. The zero-order valence-electron chi connectivity index (χ0n) is 10.0. The van der Waals surface area contributed by atoms with E-state index in [2.05, 4.69) is 29.4 Å². The van der Waals surface area contributed by atoms with Gasteiger partial charge < -0.3 is 5.32 Å². The fourth-order valence-corrected chi connectivity index (χ4v) is 2.13. The number of hydrogen-bond donors (Lipinski definition) is 1. The molecule has 1 aromatic heterocycles. The number of halogens is 1. The van der Waals surface area contributed by atoms with E-state index < -0.39 is 0 Å². The number of benzene rings is 1. The number of aromatic nitrogens is 2. The lowest BCUT2D eigenvalue weighted by molar-refractivity contribution is 0.562. The van der Waals surface area contributed by atoms with E-state index in [4.69, 9.17) is 11.6 Å². The molecule has 0 saturated carbocycles. The van der Waals surface area contributed by atoms with E-state index in [0.29, 0.717) is 11.8 Å². The van der Waals surface area contributed by atoms with Gasteiger partial charge in [0.25, 0.3) is 0 Å². The van der Waals surface area contributed by atoms with Crippen LogP contribution in [0.5, 0.6) is 0 Å². The van der Waals surface area contributed by atoms with Gasteiger partial charge in [-0.1, -0.05) is 38.1 Å². The van der Waals surface area contributed by atoms with Crippen molar-refractivity contribution < 1.29 is 0 Å². The van der Waals surface area contributed by atoms with Gasteiger partial charge in [-0.3, -0.25) is 0 Å². The first-order chi connectivity index (χ1) is 8.22. The number of nitrogens with one attached hydrogen (secondary N) is 1. The monoisotopic (exact) mass is 249 g/mol. The molecule has 3 nitrogen and oxygen atoms in total. The molecule has 1 heterocycles. The summed E-state index contributed by atoms with van der Waals surface area (Å²) in [6.45, 7) is 4.28. The molecule has 0 amide bonds. The molecule has 1 aromatic carbocycles. The molecule has 0 bridgehead atoms. The first kappa shape index (κ1) is 12.1. The maximum absolute atomic E-state index is 5.95. The number of anilines is 1. The second kappa shape index (κ2) is 5.32. The molecule has 2 aromatic rings. The number of nitrogens with zero attached hydrogens (tertiary/aromatic N) is 2. The summed E-state index contributed by atoms with van der Waals surface area (Å²) in [5.41, 5.74) is 0. The standard InChI is InChI=1S/C13H16ClN3/c1-9(2)12(7-14)16-13-11-6-4-3-5-10(11)8-15-17-13/h3-6,8-9,12H,7H2,1-2H3,(H,16,17). The highest BCUT2D eigenvalue weighted by Crippen LogP contribution is 2.21. The van der Waals surface area contributed by atoms with Crippen molar-refractivity contribution in [3.05, 3.63) is 30.5 Å². The van der Waals surface area contributed by atoms with Gasteiger partial charge in [0, 0.05) is 22.7 Å². The van der Waals surface area contributed by atoms with Crippen molar-refractivity contribution in [3.63, 3.8) is 0 Å². The molecule has 0 aliphatic heterocycles. The molecule has 0 aliphatic rings. The van der Waals surface area contributed by atoms with E-state index in [1.165, 1.54) is 0 Å². The fraction of sp³-hybridized carbons (Fsp3) is 0.385. The van der Waals surface area contributed by atoms with Crippen LogP contribution >= 0.6 is 11.6 Å². The minimum Gasteiger partial charge on any atom is -0.364 e. The Morgan fingerprint density at radius 3 is 2.76 bits per heavy atom. The lowest BCUT2D eigenvalue weighted by Crippen LogP contribution is -2.28. The van der Waals surface area contributed by atoms with E-state index >= 15 is 0 Å². The highest BCUT2D eigenvalue weighted by Gasteiger charge is 2.13. The number of rotatable bonds is 4. The molecule has 1 unspecified atom stereocenters. The summed E-state index contributed by atoms with van der Waals surface area (Å²) in [6, 6.07) is 8.27. The Morgan fingerprint density at radius 1 is 1.29 bits per heavy atom. The van der Waals surface area contributed by atoms with E-state index in [1.54, 1.807) is 6.20 Å². The predicted molar refractivity (Wildman–Crippen MR) is 72.5 cm³/mol. The lowest BCUT2D eigenvalue weighted by Gasteiger charge is -2.20. The van der Waals surface area contributed by atoms with Crippen LogP contribution in [0.25, 0.3) is 10.8 Å². The van der Waals surface area contributed by atoms with Gasteiger partial charge >= 0.3 is 0 Å². The molecule has 1 atom stereocenters. The molecule has 0 radical (unpaired) electrons. The molecule has 90 valence electrons. The van der Waals surface area contributed by atoms with Gasteiger partial charge in [-0.25, -0.2) is 0 Å². The predicted octanol–water partition coefficient (Wildman–Crippen LogP) is 3.31. The van der Waals surface area contributed by atoms with Crippen molar-refractivity contribution in [3.8, 4) is 0 Å². The molecule has 0 saturated heterocycles. The van der Waals surface area contributed by atoms with E-state index in [9.17, 15) is 0 Å². The molecule has 2 rings (SSSR count). The van der Waals surface area contributed by atoms with Crippen LogP contribution in [0.1, 0.15) is 13.8 Å². The van der Waals surface area contributed by atoms with Gasteiger partial charge in [-0.2, -0.15) is 5.10 Å². The number of fused-ring (bicyclic) bond motifs is 1. The van der Waals surface area contributed by atoms with Crippen LogP contribution in [-0.2, 0) is 0 Å². The third kappa shape index (κ3) is 2.67. The molecule has 0 spiro atoms. The van der Waals surface area contributed by atoms with E-state index in [0.717, 1.165) is 16.6 Å². The SMILES string of the molecule is CC(C)C(CCl)Nc1nncc2ccccc12. The highest BCUT2D eigenvalue weighted by atomic mass is 35.5. The van der Waals surface area contributed by atoms with Gasteiger partial charge in [0.05, 0.1) is 6.20 Å². The Labute approximate surface area is 106 Å². The smallest absolute Gasteiger partial charge is 0.156 e. The van der Waals surface area contributed by atoms with Gasteiger partial charge in [0.2, 0.25) is 0 Å². The van der Waals surface area contributed by atoms with E-state index in [-0.39, 0.29) is 6.04 Å². The molecule has 1 N–H and O–H groups in total. The quantitative estimate of drug-likeness (QED) is 0.845. The van der Waals surface area contributed by atoms with Crippen LogP contribution in [-0.4, -0.2) is 22.1 Å². The van der Waals surface area contributed by atoms with Crippen molar-refractivity contribution in [2.24, 2.45) is 5.92 Å². The summed E-state index contributed by atoms with van der Waals surface area (Å²) in [4.78, 5) is 0. The summed E-state index contributed by atoms with van der Waals surface area (Å²) in [5.74, 6) is 1.82. The van der Waals surface area contributed by atoms with Gasteiger partial charge in [-0.05, 0) is 5.92 Å². The fourth-order valence-electron chi connectivity index (χ4n) is 1.69. The van der Waals surface area contributed by atoms with Crippen molar-refractivity contribution >= 4 is 28.2 Å². The second-order valence-corrected chi connectivity index (χ2v) is 4.74. The third-order valence-corrected chi connectivity index (χ3v) is 3.20. The minimum absolute atomic E-state index is 0.205. The Balaban J connectivity index is 2.35. The van der Waals surface area contributed by atoms with E-state index in [1.807, 2.05) is 24.3 Å². The normalized spacial score (nSPS) is 12.9. The molecule has 17 heavy (non-hydrogen) atoms. The lowest BCUT2D eigenvalue weighted by atomic mass is 10.1. The Bertz CT molecular complexity index is 493. The van der Waals surface area contributed by atoms with Crippen molar-refractivity contribution in [2.45, 2.75) is 19.9 Å². The average molecular weight is 250 g/mol. The highest BCUT2D eigenvalue weighted by molar-refractivity contribution is 6.18. The van der Waals surface area contributed by atoms with Crippen molar-refractivity contribution in [1.29, 1.82) is 0 Å². The van der Waals surface area contributed by atoms with Crippen LogP contribution in [0.4, 0.5) is 5.82 Å². The molecule has 0 aliphatic carbocycles. The minimum atomic E-state index is 0.205.